The predicted molar refractivity (Wildman–Crippen MR) is 114 cm³/mol. The lowest BCUT2D eigenvalue weighted by atomic mass is 10.0. The van der Waals surface area contributed by atoms with Gasteiger partial charge in [0.15, 0.2) is 6.29 Å². The van der Waals surface area contributed by atoms with Gasteiger partial charge in [0, 0.05) is 50.1 Å². The first kappa shape index (κ1) is 21.9. The lowest BCUT2D eigenvalue weighted by Gasteiger charge is -2.19. The average molecular weight is 417 g/mol. The lowest BCUT2D eigenvalue weighted by molar-refractivity contribution is 0.0709. The molecule has 164 valence electrons. The second-order valence-corrected chi connectivity index (χ2v) is 8.08. The summed E-state index contributed by atoms with van der Waals surface area (Å²) in [6, 6.07) is 4.00. The molecule has 1 aliphatic heterocycles. The summed E-state index contributed by atoms with van der Waals surface area (Å²) in [5.41, 5.74) is 1.77. The van der Waals surface area contributed by atoms with E-state index in [9.17, 15) is 9.59 Å². The van der Waals surface area contributed by atoms with E-state index in [1.54, 1.807) is 16.9 Å². The Labute approximate surface area is 177 Å². The van der Waals surface area contributed by atoms with Gasteiger partial charge in [-0.15, -0.1) is 0 Å². The highest BCUT2D eigenvalue weighted by atomic mass is 16.6. The number of rotatable bonds is 5. The molecule has 2 aliphatic rings. The highest BCUT2D eigenvalue weighted by Gasteiger charge is 2.31. The lowest BCUT2D eigenvalue weighted by Crippen LogP contribution is -2.31. The van der Waals surface area contributed by atoms with Crippen LogP contribution in [0.25, 0.3) is 0 Å². The van der Waals surface area contributed by atoms with E-state index < -0.39 is 0 Å². The third-order valence-electron chi connectivity index (χ3n) is 5.62. The Bertz CT molecular complexity index is 824. The molecule has 2 N–H and O–H groups in total. The number of hydrogen-bond acceptors (Lipinski definition) is 6. The Morgan fingerprint density at radius 1 is 1.33 bits per heavy atom. The van der Waals surface area contributed by atoms with Gasteiger partial charge >= 0.3 is 6.09 Å². The van der Waals surface area contributed by atoms with Crippen LogP contribution < -0.4 is 5.32 Å². The molecule has 2 unspecified atom stereocenters. The molecule has 1 amide bonds. The molecule has 1 saturated carbocycles. The molecule has 2 fully saturated rings. The van der Waals surface area contributed by atoms with E-state index in [1.165, 1.54) is 0 Å². The Kier molecular flexibility index (Phi) is 7.48. The van der Waals surface area contributed by atoms with Crippen molar-refractivity contribution in [3.63, 3.8) is 0 Å². The number of ether oxygens (including phenoxy) is 1. The summed E-state index contributed by atoms with van der Waals surface area (Å²) in [6.07, 6.45) is 7.44. The van der Waals surface area contributed by atoms with Crippen LogP contribution in [0.15, 0.2) is 18.3 Å². The third-order valence-corrected chi connectivity index (χ3v) is 5.62. The minimum atomic E-state index is -0.131. The number of amides is 1. The maximum atomic E-state index is 12.0. The van der Waals surface area contributed by atoms with Gasteiger partial charge in [-0.1, -0.05) is 0 Å². The van der Waals surface area contributed by atoms with Crippen LogP contribution in [0.1, 0.15) is 74.1 Å². The Hall–Kier alpha value is -2.84. The summed E-state index contributed by atoms with van der Waals surface area (Å²) in [7, 11) is 1.86. The Morgan fingerprint density at radius 2 is 2.10 bits per heavy atom. The number of anilines is 1. The fourth-order valence-corrected chi connectivity index (χ4v) is 3.97. The van der Waals surface area contributed by atoms with E-state index in [0.29, 0.717) is 11.6 Å². The Morgan fingerprint density at radius 3 is 2.70 bits per heavy atom. The topological polar surface area (TPSA) is 105 Å². The molecule has 1 aliphatic carbocycles. The van der Waals surface area contributed by atoms with Crippen LogP contribution in [-0.4, -0.2) is 63.5 Å². The molecule has 0 radical (unpaired) electrons. The molecule has 0 bridgehead atoms. The maximum Gasteiger partial charge on any atom is 0.410 e. The van der Waals surface area contributed by atoms with E-state index >= 15 is 0 Å². The SMILES string of the molecule is CC(C)n1nccc1C=O.CNc1cc(C2CCC(OC(=O)N3CCCC3)C2)[nH]n1. The van der Waals surface area contributed by atoms with Crippen LogP contribution in [0.3, 0.4) is 0 Å². The zero-order chi connectivity index (χ0) is 21.5. The minimum Gasteiger partial charge on any atom is -0.446 e. The number of aromatic nitrogens is 4. The van der Waals surface area contributed by atoms with Gasteiger partial charge in [0.25, 0.3) is 0 Å². The van der Waals surface area contributed by atoms with Crippen molar-refractivity contribution in [2.24, 2.45) is 0 Å². The molecule has 0 aromatic carbocycles. The number of nitrogens with one attached hydrogen (secondary N) is 2. The number of aldehydes is 1. The first-order chi connectivity index (χ1) is 14.5. The third kappa shape index (κ3) is 5.40. The van der Waals surface area contributed by atoms with Gasteiger partial charge in [0.05, 0.1) is 0 Å². The highest BCUT2D eigenvalue weighted by Crippen LogP contribution is 2.36. The van der Waals surface area contributed by atoms with Crippen LogP contribution in [0.5, 0.6) is 0 Å². The molecule has 0 spiro atoms. The van der Waals surface area contributed by atoms with E-state index in [1.807, 2.05) is 31.9 Å². The number of carbonyl (C=O) groups excluding carboxylic acids is 2. The fraction of sp³-hybridized carbons (Fsp3) is 0.619. The van der Waals surface area contributed by atoms with Crippen LogP contribution >= 0.6 is 0 Å². The molecular formula is C21H32N6O3. The van der Waals surface area contributed by atoms with Gasteiger partial charge in [0.1, 0.15) is 17.6 Å². The second kappa shape index (κ2) is 10.3. The maximum absolute atomic E-state index is 12.0. The minimum absolute atomic E-state index is 0.0504. The molecule has 2 aromatic heterocycles. The molecule has 3 heterocycles. The van der Waals surface area contributed by atoms with Crippen LogP contribution in [-0.2, 0) is 4.74 Å². The molecular weight excluding hydrogens is 384 g/mol. The smallest absolute Gasteiger partial charge is 0.410 e. The van der Waals surface area contributed by atoms with Gasteiger partial charge in [-0.2, -0.15) is 10.2 Å². The molecule has 1 saturated heterocycles. The summed E-state index contributed by atoms with van der Waals surface area (Å²) in [4.78, 5) is 24.1. The monoisotopic (exact) mass is 416 g/mol. The quantitative estimate of drug-likeness (QED) is 0.722. The van der Waals surface area contributed by atoms with Crippen molar-refractivity contribution >= 4 is 18.2 Å². The molecule has 9 nitrogen and oxygen atoms in total. The van der Waals surface area contributed by atoms with Crippen molar-refractivity contribution in [2.45, 2.75) is 64.0 Å². The van der Waals surface area contributed by atoms with Crippen molar-refractivity contribution in [1.29, 1.82) is 0 Å². The van der Waals surface area contributed by atoms with Gasteiger partial charge < -0.3 is 15.0 Å². The zero-order valence-corrected chi connectivity index (χ0v) is 18.0. The molecule has 2 atom stereocenters. The van der Waals surface area contributed by atoms with Crippen LogP contribution in [0.2, 0.25) is 0 Å². The first-order valence-corrected chi connectivity index (χ1v) is 10.7. The fourth-order valence-electron chi connectivity index (χ4n) is 3.97. The number of nitrogens with zero attached hydrogens (tertiary/aromatic N) is 4. The average Bonchev–Trinajstić information content (AvgIpc) is 3.55. The van der Waals surface area contributed by atoms with Gasteiger partial charge in [-0.25, -0.2) is 4.79 Å². The largest absolute Gasteiger partial charge is 0.446 e. The Balaban J connectivity index is 0.000000216. The van der Waals surface area contributed by atoms with Crippen molar-refractivity contribution in [3.05, 3.63) is 29.7 Å². The van der Waals surface area contributed by atoms with Gasteiger partial charge in [0.2, 0.25) is 0 Å². The van der Waals surface area contributed by atoms with E-state index in [-0.39, 0.29) is 18.2 Å². The number of aromatic amines is 1. The van der Waals surface area contributed by atoms with E-state index in [0.717, 1.165) is 63.0 Å². The summed E-state index contributed by atoms with van der Waals surface area (Å²) >= 11 is 0. The van der Waals surface area contributed by atoms with Crippen molar-refractivity contribution in [1.82, 2.24) is 24.9 Å². The second-order valence-electron chi connectivity index (χ2n) is 8.08. The molecule has 4 rings (SSSR count). The van der Waals surface area contributed by atoms with Crippen LogP contribution in [0, 0.1) is 0 Å². The summed E-state index contributed by atoms with van der Waals surface area (Å²) in [6.45, 7) is 5.67. The molecule has 30 heavy (non-hydrogen) atoms. The van der Waals surface area contributed by atoms with E-state index in [4.69, 9.17) is 4.74 Å². The van der Waals surface area contributed by atoms with Crippen molar-refractivity contribution in [3.8, 4) is 0 Å². The van der Waals surface area contributed by atoms with E-state index in [2.05, 4.69) is 20.6 Å². The number of carbonyl (C=O) groups is 2. The number of likely N-dealkylation sites (tertiary alicyclic amines) is 1. The summed E-state index contributed by atoms with van der Waals surface area (Å²) < 4.78 is 7.30. The zero-order valence-electron chi connectivity index (χ0n) is 18.0. The van der Waals surface area contributed by atoms with Crippen molar-refractivity contribution in [2.75, 3.05) is 25.5 Å². The highest BCUT2D eigenvalue weighted by molar-refractivity contribution is 5.71. The van der Waals surface area contributed by atoms with Crippen LogP contribution in [0.4, 0.5) is 10.6 Å². The van der Waals surface area contributed by atoms with Crippen molar-refractivity contribution < 1.29 is 14.3 Å². The number of H-pyrrole nitrogens is 1. The normalized spacial score (nSPS) is 20.7. The number of hydrogen-bond donors (Lipinski definition) is 2. The summed E-state index contributed by atoms with van der Waals surface area (Å²) in [5.74, 6) is 1.28. The standard InChI is InChI=1S/C14H22N4O2.C7H10N2O/c1-15-13-9-12(16-17-13)10-4-5-11(8-10)20-14(19)18-6-2-3-7-18;1-6(2)9-7(5-10)3-4-8-9/h9-11H,2-8H2,1H3,(H2,15,16,17);3-6H,1-2H3. The van der Waals surface area contributed by atoms with Gasteiger partial charge in [-0.05, 0) is 52.0 Å². The predicted octanol–water partition coefficient (Wildman–Crippen LogP) is 3.60. The van der Waals surface area contributed by atoms with Gasteiger partial charge in [-0.3, -0.25) is 14.6 Å². The molecule has 9 heteroatoms. The summed E-state index contributed by atoms with van der Waals surface area (Å²) in [5, 5.41) is 14.2. The first-order valence-electron chi connectivity index (χ1n) is 10.7. The molecule has 2 aromatic rings.